The van der Waals surface area contributed by atoms with Crippen molar-refractivity contribution in [2.24, 2.45) is 0 Å². The summed E-state index contributed by atoms with van der Waals surface area (Å²) in [6.45, 7) is 0. The zero-order valence-electron chi connectivity index (χ0n) is 13.5. The number of ether oxygens (including phenoxy) is 1. The first-order valence-corrected chi connectivity index (χ1v) is 9.24. The lowest BCUT2D eigenvalue weighted by Gasteiger charge is -2.13. The summed E-state index contributed by atoms with van der Waals surface area (Å²) >= 11 is 7.74. The topological polar surface area (TPSA) is 38.3 Å². The Morgan fingerprint density at radius 2 is 1.72 bits per heavy atom. The van der Waals surface area contributed by atoms with Gasteiger partial charge in [-0.1, -0.05) is 41.9 Å². The molecule has 3 aromatic rings. The predicted molar refractivity (Wildman–Crippen MR) is 104 cm³/mol. The Morgan fingerprint density at radius 1 is 1.00 bits per heavy atom. The van der Waals surface area contributed by atoms with E-state index in [4.69, 9.17) is 16.3 Å². The smallest absolute Gasteiger partial charge is 0.257 e. The first-order chi connectivity index (χ1) is 12.2. The van der Waals surface area contributed by atoms with Crippen LogP contribution in [0.5, 0.6) is 11.5 Å². The third-order valence-corrected chi connectivity index (χ3v) is 4.58. The van der Waals surface area contributed by atoms with Crippen LogP contribution < -0.4 is 10.1 Å². The van der Waals surface area contributed by atoms with Gasteiger partial charge in [-0.3, -0.25) is 4.79 Å². The zero-order chi connectivity index (χ0) is 17.6. The fourth-order valence-corrected chi connectivity index (χ4v) is 2.91. The minimum Gasteiger partial charge on any atom is -0.455 e. The molecule has 1 amide bonds. The number of hydrogen-bond donors (Lipinski definition) is 1. The molecule has 0 fully saturated rings. The van der Waals surface area contributed by atoms with Crippen molar-refractivity contribution in [3.8, 4) is 11.5 Å². The second-order valence-corrected chi connectivity index (χ2v) is 6.50. The number of amides is 1. The van der Waals surface area contributed by atoms with Gasteiger partial charge in [0.25, 0.3) is 5.91 Å². The van der Waals surface area contributed by atoms with Gasteiger partial charge in [0.15, 0.2) is 5.75 Å². The van der Waals surface area contributed by atoms with Crippen molar-refractivity contribution in [2.45, 2.75) is 4.90 Å². The molecule has 3 aromatic carbocycles. The molecule has 0 aromatic heterocycles. The van der Waals surface area contributed by atoms with Crippen molar-refractivity contribution >= 4 is 35.0 Å². The number of para-hydroxylation sites is 3. The molecule has 0 unspecified atom stereocenters. The molecule has 0 saturated heterocycles. The largest absolute Gasteiger partial charge is 0.455 e. The van der Waals surface area contributed by atoms with E-state index in [2.05, 4.69) is 5.32 Å². The van der Waals surface area contributed by atoms with E-state index in [9.17, 15) is 4.79 Å². The normalized spacial score (nSPS) is 10.3. The van der Waals surface area contributed by atoms with E-state index in [0.29, 0.717) is 27.8 Å². The number of benzene rings is 3. The maximum absolute atomic E-state index is 12.6. The Labute approximate surface area is 156 Å². The number of thioether (sulfide) groups is 1. The van der Waals surface area contributed by atoms with Crippen LogP contribution in [0.1, 0.15) is 10.4 Å². The van der Waals surface area contributed by atoms with Gasteiger partial charge in [-0.25, -0.2) is 0 Å². The van der Waals surface area contributed by atoms with Gasteiger partial charge in [0.05, 0.1) is 16.3 Å². The monoisotopic (exact) mass is 369 g/mol. The summed E-state index contributed by atoms with van der Waals surface area (Å²) in [5.41, 5.74) is 1.02. The molecule has 126 valence electrons. The van der Waals surface area contributed by atoms with Gasteiger partial charge in [0.1, 0.15) is 5.75 Å². The van der Waals surface area contributed by atoms with Crippen LogP contribution >= 0.6 is 23.4 Å². The van der Waals surface area contributed by atoms with E-state index < -0.39 is 0 Å². The molecule has 0 aliphatic carbocycles. The van der Waals surface area contributed by atoms with Crippen LogP contribution in [-0.2, 0) is 0 Å². The summed E-state index contributed by atoms with van der Waals surface area (Å²) < 4.78 is 5.87. The number of hydrogen-bond acceptors (Lipinski definition) is 3. The van der Waals surface area contributed by atoms with Crippen LogP contribution in [-0.4, -0.2) is 12.2 Å². The summed E-state index contributed by atoms with van der Waals surface area (Å²) in [4.78, 5) is 13.6. The van der Waals surface area contributed by atoms with Crippen LogP contribution in [0.3, 0.4) is 0 Å². The minimum atomic E-state index is -0.273. The lowest BCUT2D eigenvalue weighted by atomic mass is 10.2. The molecule has 0 radical (unpaired) electrons. The highest BCUT2D eigenvalue weighted by atomic mass is 35.5. The van der Waals surface area contributed by atoms with Crippen LogP contribution in [0.25, 0.3) is 0 Å². The fraction of sp³-hybridized carbons (Fsp3) is 0.0500. The molecule has 1 N–H and O–H groups in total. The second-order valence-electron chi connectivity index (χ2n) is 5.21. The average molecular weight is 370 g/mol. The van der Waals surface area contributed by atoms with Crippen LogP contribution in [0.4, 0.5) is 5.69 Å². The van der Waals surface area contributed by atoms with E-state index in [1.807, 2.05) is 60.9 Å². The summed E-state index contributed by atoms with van der Waals surface area (Å²) in [7, 11) is 0. The van der Waals surface area contributed by atoms with E-state index in [1.54, 1.807) is 30.0 Å². The quantitative estimate of drug-likeness (QED) is 0.551. The molecule has 0 atom stereocenters. The molecular weight excluding hydrogens is 354 g/mol. The number of nitrogens with one attached hydrogen (secondary N) is 1. The molecular formula is C20H16ClNO2S. The Hall–Kier alpha value is -2.43. The Bertz CT molecular complexity index is 884. The van der Waals surface area contributed by atoms with Crippen molar-refractivity contribution in [2.75, 3.05) is 11.6 Å². The van der Waals surface area contributed by atoms with Crippen LogP contribution in [0, 0.1) is 0 Å². The molecule has 0 aliphatic rings. The van der Waals surface area contributed by atoms with E-state index in [0.717, 1.165) is 4.90 Å². The first-order valence-electron chi connectivity index (χ1n) is 7.64. The molecule has 3 nitrogen and oxygen atoms in total. The SMILES string of the molecule is CSc1ccc(Cl)c(C(=O)Nc2ccccc2Oc2ccccc2)c1. The number of rotatable bonds is 5. The van der Waals surface area contributed by atoms with Gasteiger partial charge >= 0.3 is 0 Å². The van der Waals surface area contributed by atoms with Crippen LogP contribution in [0.15, 0.2) is 77.7 Å². The van der Waals surface area contributed by atoms with Gasteiger partial charge in [-0.05, 0) is 48.7 Å². The number of anilines is 1. The highest BCUT2D eigenvalue weighted by Gasteiger charge is 2.14. The average Bonchev–Trinajstić information content (AvgIpc) is 2.64. The Kier molecular flexibility index (Phi) is 5.64. The van der Waals surface area contributed by atoms with Crippen molar-refractivity contribution in [1.29, 1.82) is 0 Å². The molecule has 0 heterocycles. The predicted octanol–water partition coefficient (Wildman–Crippen LogP) is 6.11. The van der Waals surface area contributed by atoms with Crippen LogP contribution in [0.2, 0.25) is 5.02 Å². The van der Waals surface area contributed by atoms with E-state index >= 15 is 0 Å². The Morgan fingerprint density at radius 3 is 2.48 bits per heavy atom. The number of carbonyl (C=O) groups is 1. The summed E-state index contributed by atoms with van der Waals surface area (Å²) in [6, 6.07) is 22.1. The van der Waals surface area contributed by atoms with E-state index in [1.165, 1.54) is 0 Å². The first kappa shape index (κ1) is 17.4. The highest BCUT2D eigenvalue weighted by Crippen LogP contribution is 2.30. The maximum Gasteiger partial charge on any atom is 0.257 e. The molecule has 0 aliphatic heterocycles. The second kappa shape index (κ2) is 8.10. The van der Waals surface area contributed by atoms with Gasteiger partial charge < -0.3 is 10.1 Å². The molecule has 0 bridgehead atoms. The zero-order valence-corrected chi connectivity index (χ0v) is 15.1. The summed E-state index contributed by atoms with van der Waals surface area (Å²) in [5, 5.41) is 3.30. The summed E-state index contributed by atoms with van der Waals surface area (Å²) in [6.07, 6.45) is 1.95. The van der Waals surface area contributed by atoms with Crippen molar-refractivity contribution < 1.29 is 9.53 Å². The molecule has 3 rings (SSSR count). The third-order valence-electron chi connectivity index (χ3n) is 3.52. The van der Waals surface area contributed by atoms with Gasteiger partial charge in [0.2, 0.25) is 0 Å². The van der Waals surface area contributed by atoms with E-state index in [-0.39, 0.29) is 5.91 Å². The van der Waals surface area contributed by atoms with Crippen molar-refractivity contribution in [1.82, 2.24) is 0 Å². The molecule has 0 spiro atoms. The third kappa shape index (κ3) is 4.35. The highest BCUT2D eigenvalue weighted by molar-refractivity contribution is 7.98. The van der Waals surface area contributed by atoms with Gasteiger partial charge in [0, 0.05) is 4.90 Å². The minimum absolute atomic E-state index is 0.273. The molecule has 5 heteroatoms. The number of carbonyl (C=O) groups excluding carboxylic acids is 1. The lowest BCUT2D eigenvalue weighted by Crippen LogP contribution is -2.13. The standard InChI is InChI=1S/C20H16ClNO2S/c1-25-15-11-12-17(21)16(13-15)20(23)22-18-9-5-6-10-19(18)24-14-7-3-2-4-8-14/h2-13H,1H3,(H,22,23). The maximum atomic E-state index is 12.6. The Balaban J connectivity index is 1.85. The molecule has 25 heavy (non-hydrogen) atoms. The lowest BCUT2D eigenvalue weighted by molar-refractivity contribution is 0.102. The fourth-order valence-electron chi connectivity index (χ4n) is 2.27. The van der Waals surface area contributed by atoms with Crippen molar-refractivity contribution in [3.63, 3.8) is 0 Å². The number of halogens is 1. The van der Waals surface area contributed by atoms with Gasteiger partial charge in [-0.2, -0.15) is 0 Å². The van der Waals surface area contributed by atoms with Crippen molar-refractivity contribution in [3.05, 3.63) is 83.4 Å². The summed E-state index contributed by atoms with van der Waals surface area (Å²) in [5.74, 6) is 0.996. The molecule has 0 saturated carbocycles. The van der Waals surface area contributed by atoms with Gasteiger partial charge in [-0.15, -0.1) is 11.8 Å².